The molecule has 0 fully saturated rings. The van der Waals surface area contributed by atoms with Gasteiger partial charge in [0.05, 0.1) is 13.2 Å². The molecule has 0 spiro atoms. The highest BCUT2D eigenvalue weighted by Crippen LogP contribution is 2.33. The largest absolute Gasteiger partial charge is 0.494 e. The van der Waals surface area contributed by atoms with Crippen molar-refractivity contribution in [2.45, 2.75) is 51.9 Å². The van der Waals surface area contributed by atoms with Crippen molar-refractivity contribution in [2.24, 2.45) is 5.92 Å². The summed E-state index contributed by atoms with van der Waals surface area (Å²) in [6.45, 7) is 6.65. The summed E-state index contributed by atoms with van der Waals surface area (Å²) >= 11 is 0. The van der Waals surface area contributed by atoms with Crippen molar-refractivity contribution < 1.29 is 19.0 Å². The Morgan fingerprint density at radius 1 is 0.906 bits per heavy atom. The van der Waals surface area contributed by atoms with Gasteiger partial charge in [-0.2, -0.15) is 0 Å². The summed E-state index contributed by atoms with van der Waals surface area (Å²) in [7, 11) is 1.77. The molecular weight excluding hydrogens is 400 g/mol. The standard InChI is InChI=1S/C28H36O4/c1-4-25(21-30-3)28(9-7-6-8-20-31-22-29)26-16-12-23(13-17-26)10-11-24-14-18-27(19-15-24)32-5-2/h12-19,22,25,28H,4-9,20-21H2,1-3H3. The number of hydrogen-bond donors (Lipinski definition) is 0. The van der Waals surface area contributed by atoms with E-state index in [1.165, 1.54) is 5.56 Å². The topological polar surface area (TPSA) is 44.8 Å². The average molecular weight is 437 g/mol. The van der Waals surface area contributed by atoms with E-state index in [0.717, 1.165) is 55.6 Å². The lowest BCUT2D eigenvalue weighted by atomic mass is 9.81. The first kappa shape index (κ1) is 25.5. The summed E-state index contributed by atoms with van der Waals surface area (Å²) in [5, 5.41) is 0. The summed E-state index contributed by atoms with van der Waals surface area (Å²) in [5.41, 5.74) is 3.32. The summed E-state index contributed by atoms with van der Waals surface area (Å²) in [6.07, 6.45) is 5.24. The lowest BCUT2D eigenvalue weighted by Crippen LogP contribution is -2.18. The molecule has 0 aliphatic heterocycles. The Balaban J connectivity index is 2.04. The molecule has 4 nitrogen and oxygen atoms in total. The van der Waals surface area contributed by atoms with Crippen LogP contribution < -0.4 is 4.74 Å². The number of unbranched alkanes of at least 4 members (excludes halogenated alkanes) is 2. The Morgan fingerprint density at radius 2 is 1.56 bits per heavy atom. The van der Waals surface area contributed by atoms with E-state index >= 15 is 0 Å². The molecule has 172 valence electrons. The van der Waals surface area contributed by atoms with Crippen LogP contribution in [0, 0.1) is 17.8 Å². The maximum absolute atomic E-state index is 10.3. The molecule has 2 rings (SSSR count). The average Bonchev–Trinajstić information content (AvgIpc) is 2.83. The first-order chi connectivity index (χ1) is 15.7. The third-order valence-corrected chi connectivity index (χ3v) is 5.67. The quantitative estimate of drug-likeness (QED) is 0.208. The second-order valence-electron chi connectivity index (χ2n) is 7.88. The maximum atomic E-state index is 10.3. The third kappa shape index (κ3) is 8.77. The van der Waals surface area contributed by atoms with Crippen LogP contribution in [-0.2, 0) is 14.3 Å². The van der Waals surface area contributed by atoms with Crippen LogP contribution in [0.25, 0.3) is 0 Å². The van der Waals surface area contributed by atoms with Crippen LogP contribution in [0.1, 0.15) is 68.6 Å². The smallest absolute Gasteiger partial charge is 0.293 e. The fourth-order valence-electron chi connectivity index (χ4n) is 3.94. The van der Waals surface area contributed by atoms with Gasteiger partial charge in [0.1, 0.15) is 5.75 Å². The number of carbonyl (C=O) groups is 1. The zero-order chi connectivity index (χ0) is 23.0. The van der Waals surface area contributed by atoms with Crippen molar-refractivity contribution in [3.8, 4) is 17.6 Å². The highest BCUT2D eigenvalue weighted by atomic mass is 16.5. The zero-order valence-corrected chi connectivity index (χ0v) is 19.6. The molecule has 4 heteroatoms. The van der Waals surface area contributed by atoms with Crippen molar-refractivity contribution in [3.63, 3.8) is 0 Å². The molecule has 2 unspecified atom stereocenters. The molecule has 32 heavy (non-hydrogen) atoms. The highest BCUT2D eigenvalue weighted by molar-refractivity contribution is 5.45. The number of ether oxygens (including phenoxy) is 3. The minimum atomic E-state index is 0.444. The van der Waals surface area contributed by atoms with Gasteiger partial charge in [0, 0.05) is 24.8 Å². The summed E-state index contributed by atoms with van der Waals surface area (Å²) < 4.78 is 15.8. The van der Waals surface area contributed by atoms with E-state index in [2.05, 4.69) is 43.0 Å². The molecule has 0 saturated heterocycles. The molecule has 0 radical (unpaired) electrons. The SMILES string of the molecule is CCOc1ccc(C#Cc2ccc(C(CCCCCOC=O)C(CC)COC)cc2)cc1. The number of hydrogen-bond acceptors (Lipinski definition) is 4. The Labute approximate surface area is 193 Å². The van der Waals surface area contributed by atoms with Gasteiger partial charge in [-0.3, -0.25) is 4.79 Å². The second kappa shape index (κ2) is 15.1. The van der Waals surface area contributed by atoms with Crippen LogP contribution in [0.5, 0.6) is 5.75 Å². The maximum Gasteiger partial charge on any atom is 0.293 e. The van der Waals surface area contributed by atoms with Crippen molar-refractivity contribution in [3.05, 3.63) is 65.2 Å². The molecule has 0 aromatic heterocycles. The molecule has 0 amide bonds. The highest BCUT2D eigenvalue weighted by Gasteiger charge is 2.21. The molecule has 0 aliphatic rings. The van der Waals surface area contributed by atoms with Gasteiger partial charge in [0.25, 0.3) is 6.47 Å². The van der Waals surface area contributed by atoms with E-state index < -0.39 is 0 Å². The van der Waals surface area contributed by atoms with Gasteiger partial charge in [-0.15, -0.1) is 0 Å². The van der Waals surface area contributed by atoms with Gasteiger partial charge in [-0.25, -0.2) is 0 Å². The monoisotopic (exact) mass is 436 g/mol. The van der Waals surface area contributed by atoms with E-state index in [9.17, 15) is 4.79 Å². The third-order valence-electron chi connectivity index (χ3n) is 5.67. The van der Waals surface area contributed by atoms with Gasteiger partial charge in [0.2, 0.25) is 0 Å². The van der Waals surface area contributed by atoms with Crippen LogP contribution >= 0.6 is 0 Å². The number of benzene rings is 2. The minimum absolute atomic E-state index is 0.444. The summed E-state index contributed by atoms with van der Waals surface area (Å²) in [6, 6.07) is 16.5. The van der Waals surface area contributed by atoms with Gasteiger partial charge in [-0.05, 0) is 73.6 Å². The lowest BCUT2D eigenvalue weighted by Gasteiger charge is -2.26. The Kier molecular flexibility index (Phi) is 12.0. The van der Waals surface area contributed by atoms with Crippen LogP contribution in [0.3, 0.4) is 0 Å². The van der Waals surface area contributed by atoms with E-state index in [1.54, 1.807) is 7.11 Å². The van der Waals surface area contributed by atoms with Crippen molar-refractivity contribution >= 4 is 6.47 Å². The van der Waals surface area contributed by atoms with Crippen LogP contribution in [0.15, 0.2) is 48.5 Å². The lowest BCUT2D eigenvalue weighted by molar-refractivity contribution is -0.128. The molecule has 0 bridgehead atoms. The van der Waals surface area contributed by atoms with Gasteiger partial charge < -0.3 is 14.2 Å². The molecule has 0 N–H and O–H groups in total. The van der Waals surface area contributed by atoms with Crippen LogP contribution in [0.4, 0.5) is 0 Å². The van der Waals surface area contributed by atoms with Gasteiger partial charge in [0.15, 0.2) is 0 Å². The van der Waals surface area contributed by atoms with E-state index in [-0.39, 0.29) is 0 Å². The minimum Gasteiger partial charge on any atom is -0.494 e. The molecule has 2 atom stereocenters. The van der Waals surface area contributed by atoms with E-state index in [0.29, 0.717) is 31.5 Å². The molecule has 0 aliphatic carbocycles. The Morgan fingerprint density at radius 3 is 2.12 bits per heavy atom. The molecule has 0 saturated carbocycles. The fourth-order valence-corrected chi connectivity index (χ4v) is 3.94. The Hall–Kier alpha value is -2.77. The van der Waals surface area contributed by atoms with Crippen molar-refractivity contribution in [2.75, 3.05) is 26.9 Å². The predicted octanol–water partition coefficient (Wildman–Crippen LogP) is 5.97. The van der Waals surface area contributed by atoms with Gasteiger partial charge >= 0.3 is 0 Å². The van der Waals surface area contributed by atoms with E-state index in [4.69, 9.17) is 14.2 Å². The molecule has 2 aromatic carbocycles. The second-order valence-corrected chi connectivity index (χ2v) is 7.88. The van der Waals surface area contributed by atoms with E-state index in [1.807, 2.05) is 31.2 Å². The first-order valence-corrected chi connectivity index (χ1v) is 11.6. The fraction of sp³-hybridized carbons (Fsp3) is 0.464. The normalized spacial score (nSPS) is 12.3. The van der Waals surface area contributed by atoms with Gasteiger partial charge in [-0.1, -0.05) is 50.2 Å². The summed E-state index contributed by atoms with van der Waals surface area (Å²) in [4.78, 5) is 10.3. The molecule has 2 aromatic rings. The zero-order valence-electron chi connectivity index (χ0n) is 19.6. The van der Waals surface area contributed by atoms with Crippen molar-refractivity contribution in [1.29, 1.82) is 0 Å². The number of rotatable bonds is 14. The first-order valence-electron chi connectivity index (χ1n) is 11.6. The number of carbonyl (C=O) groups excluding carboxylic acids is 1. The summed E-state index contributed by atoms with van der Waals surface area (Å²) in [5.74, 6) is 8.28. The predicted molar refractivity (Wildman–Crippen MR) is 129 cm³/mol. The van der Waals surface area contributed by atoms with Crippen LogP contribution in [0.2, 0.25) is 0 Å². The Bertz CT molecular complexity index is 830. The van der Waals surface area contributed by atoms with Crippen LogP contribution in [-0.4, -0.2) is 33.4 Å². The van der Waals surface area contributed by atoms with Crippen molar-refractivity contribution in [1.82, 2.24) is 0 Å². The molecular formula is C28H36O4. The molecule has 0 heterocycles. The number of methoxy groups -OCH3 is 1.